The van der Waals surface area contributed by atoms with E-state index in [4.69, 9.17) is 4.74 Å². The summed E-state index contributed by atoms with van der Waals surface area (Å²) in [5.41, 5.74) is 0. The van der Waals surface area contributed by atoms with Gasteiger partial charge in [-0.05, 0) is 52.4 Å². The maximum absolute atomic E-state index is 11.6. The molecule has 28 heavy (non-hydrogen) atoms. The second-order valence-electron chi connectivity index (χ2n) is 8.45. The molecule has 4 unspecified atom stereocenters. The third kappa shape index (κ3) is 8.66. The fraction of sp³-hybridized carbons (Fsp3) is 0.826. The van der Waals surface area contributed by atoms with Gasteiger partial charge in [0.25, 0.3) is 0 Å². The van der Waals surface area contributed by atoms with E-state index in [1.165, 1.54) is 0 Å². The third-order valence-electron chi connectivity index (χ3n) is 6.02. The normalized spacial score (nSPS) is 24.6. The van der Waals surface area contributed by atoms with E-state index in [-0.39, 0.29) is 35.4 Å². The fourth-order valence-electron chi connectivity index (χ4n) is 4.01. The number of esters is 1. The molecule has 0 aromatic heterocycles. The van der Waals surface area contributed by atoms with Crippen LogP contribution in [0.2, 0.25) is 0 Å². The van der Waals surface area contributed by atoms with Crippen LogP contribution in [0, 0.1) is 23.7 Å². The maximum Gasteiger partial charge on any atom is 0.308 e. The molecule has 0 amide bonds. The molecule has 0 bridgehead atoms. The van der Waals surface area contributed by atoms with Crippen LogP contribution < -0.4 is 0 Å². The van der Waals surface area contributed by atoms with E-state index in [9.17, 15) is 19.2 Å². The Hall–Kier alpha value is -1.52. The molecule has 0 heterocycles. The highest BCUT2D eigenvalue weighted by atomic mass is 16.5. The number of hydrogen-bond donors (Lipinski definition) is 0. The zero-order chi connectivity index (χ0) is 21.1. The minimum atomic E-state index is -0.170. The average Bonchev–Trinajstić information content (AvgIpc) is 2.66. The molecule has 0 spiro atoms. The molecule has 2 rings (SSSR count). The van der Waals surface area contributed by atoms with Gasteiger partial charge >= 0.3 is 5.97 Å². The quantitative estimate of drug-likeness (QED) is 0.585. The number of Topliss-reactive ketones (excluding diaryl/α,β-unsaturated/α-hetero) is 3. The average molecular weight is 395 g/mol. The number of carbonyl (C=O) groups is 4. The van der Waals surface area contributed by atoms with Crippen LogP contribution in [0.25, 0.3) is 0 Å². The van der Waals surface area contributed by atoms with Crippen LogP contribution in [0.3, 0.4) is 0 Å². The number of hydrogen-bond acceptors (Lipinski definition) is 5. The van der Waals surface area contributed by atoms with Crippen molar-refractivity contribution in [1.29, 1.82) is 0 Å². The molecule has 2 aliphatic carbocycles. The Kier molecular flexibility index (Phi) is 11.2. The predicted molar refractivity (Wildman–Crippen MR) is 109 cm³/mol. The van der Waals surface area contributed by atoms with Crippen molar-refractivity contribution in [2.75, 3.05) is 6.61 Å². The highest BCUT2D eigenvalue weighted by Gasteiger charge is 2.27. The first kappa shape index (κ1) is 24.5. The lowest BCUT2D eigenvalue weighted by atomic mass is 9.81. The Labute approximate surface area is 170 Å². The van der Waals surface area contributed by atoms with Crippen LogP contribution in [0.5, 0.6) is 0 Å². The van der Waals surface area contributed by atoms with Crippen molar-refractivity contribution in [3.05, 3.63) is 0 Å². The van der Waals surface area contributed by atoms with Crippen molar-refractivity contribution < 1.29 is 23.9 Å². The molecule has 0 aromatic rings. The molecule has 0 N–H and O–H groups in total. The summed E-state index contributed by atoms with van der Waals surface area (Å²) in [6.45, 7) is 7.60. The van der Waals surface area contributed by atoms with E-state index in [2.05, 4.69) is 0 Å². The highest BCUT2D eigenvalue weighted by Crippen LogP contribution is 2.27. The Morgan fingerprint density at radius 2 is 1.36 bits per heavy atom. The van der Waals surface area contributed by atoms with Crippen molar-refractivity contribution in [2.24, 2.45) is 23.7 Å². The summed E-state index contributed by atoms with van der Waals surface area (Å²) in [4.78, 5) is 45.4. The first-order chi connectivity index (χ1) is 13.3. The molecule has 0 aliphatic heterocycles. The van der Waals surface area contributed by atoms with Crippen LogP contribution in [-0.4, -0.2) is 29.9 Å². The van der Waals surface area contributed by atoms with Gasteiger partial charge in [-0.2, -0.15) is 0 Å². The summed E-state index contributed by atoms with van der Waals surface area (Å²) in [5.74, 6) is 0.931. The van der Waals surface area contributed by atoms with E-state index in [1.54, 1.807) is 13.8 Å². The maximum atomic E-state index is 11.6. The van der Waals surface area contributed by atoms with Gasteiger partial charge in [0.2, 0.25) is 0 Å². The minimum absolute atomic E-state index is 0.0621. The molecule has 2 saturated carbocycles. The van der Waals surface area contributed by atoms with Crippen molar-refractivity contribution in [1.82, 2.24) is 0 Å². The molecule has 160 valence electrons. The highest BCUT2D eigenvalue weighted by molar-refractivity contribution is 5.83. The summed E-state index contributed by atoms with van der Waals surface area (Å²) < 4.78 is 4.93. The lowest BCUT2D eigenvalue weighted by molar-refractivity contribution is -0.148. The zero-order valence-corrected chi connectivity index (χ0v) is 18.1. The molecule has 0 aromatic carbocycles. The summed E-state index contributed by atoms with van der Waals surface area (Å²) in [5, 5.41) is 0. The molecular formula is C23H38O5. The van der Waals surface area contributed by atoms with Crippen LogP contribution in [-0.2, 0) is 23.9 Å². The number of ketones is 3. The van der Waals surface area contributed by atoms with Crippen molar-refractivity contribution in [2.45, 2.75) is 91.9 Å². The summed E-state index contributed by atoms with van der Waals surface area (Å²) >= 11 is 0. The number of rotatable bonds is 7. The molecule has 0 radical (unpaired) electrons. The van der Waals surface area contributed by atoms with Gasteiger partial charge in [0.1, 0.15) is 17.3 Å². The minimum Gasteiger partial charge on any atom is -0.466 e. The smallest absolute Gasteiger partial charge is 0.308 e. The lowest BCUT2D eigenvalue weighted by Crippen LogP contribution is -2.25. The van der Waals surface area contributed by atoms with Gasteiger partial charge in [-0.1, -0.05) is 26.7 Å². The molecule has 2 fully saturated rings. The van der Waals surface area contributed by atoms with Crippen LogP contribution in [0.4, 0.5) is 0 Å². The fourth-order valence-corrected chi connectivity index (χ4v) is 4.01. The molecule has 4 atom stereocenters. The van der Waals surface area contributed by atoms with E-state index < -0.39 is 0 Å². The summed E-state index contributed by atoms with van der Waals surface area (Å²) in [6, 6.07) is 0. The predicted octanol–water partition coefficient (Wildman–Crippen LogP) is 4.70. The first-order valence-electron chi connectivity index (χ1n) is 11.0. The molecular weight excluding hydrogens is 356 g/mol. The second-order valence-corrected chi connectivity index (χ2v) is 8.45. The Morgan fingerprint density at radius 1 is 0.893 bits per heavy atom. The van der Waals surface area contributed by atoms with Gasteiger partial charge in [0.15, 0.2) is 0 Å². The van der Waals surface area contributed by atoms with E-state index >= 15 is 0 Å². The van der Waals surface area contributed by atoms with E-state index in [1.807, 2.05) is 13.8 Å². The number of ether oxygens (including phenoxy) is 1. The van der Waals surface area contributed by atoms with Gasteiger partial charge < -0.3 is 4.74 Å². The monoisotopic (exact) mass is 394 g/mol. The van der Waals surface area contributed by atoms with Gasteiger partial charge in [-0.3, -0.25) is 19.2 Å². The molecule has 5 nitrogen and oxygen atoms in total. The Balaban J connectivity index is 0.000000283. The third-order valence-corrected chi connectivity index (χ3v) is 6.02. The van der Waals surface area contributed by atoms with Gasteiger partial charge in [-0.25, -0.2) is 0 Å². The molecule has 2 aliphatic rings. The van der Waals surface area contributed by atoms with Crippen molar-refractivity contribution >= 4 is 23.3 Å². The summed E-state index contributed by atoms with van der Waals surface area (Å²) in [6.07, 6.45) is 9.14. The first-order valence-corrected chi connectivity index (χ1v) is 11.0. The number of carbonyl (C=O) groups excluding carboxylic acids is 4. The summed E-state index contributed by atoms with van der Waals surface area (Å²) in [7, 11) is 0. The zero-order valence-electron chi connectivity index (χ0n) is 18.1. The standard InChI is InChI=1S/C12H20O3.C11H18O2/c1-3-15-12(14)9(2)8-10-6-4-5-7-11(10)13;1-8(9(2)12)7-10-5-3-4-6-11(10)13/h9-10H,3-8H2,1-2H3;8,10H,3-7H2,1-2H3. The van der Waals surface area contributed by atoms with Gasteiger partial charge in [-0.15, -0.1) is 0 Å². The van der Waals surface area contributed by atoms with Crippen LogP contribution >= 0.6 is 0 Å². The van der Waals surface area contributed by atoms with Crippen molar-refractivity contribution in [3.8, 4) is 0 Å². The van der Waals surface area contributed by atoms with Gasteiger partial charge in [0.05, 0.1) is 12.5 Å². The molecule has 0 saturated heterocycles. The SMILES string of the molecule is CC(=O)C(C)CC1CCCCC1=O.CCOC(=O)C(C)CC1CCCCC1=O. The van der Waals surface area contributed by atoms with Crippen LogP contribution in [0.15, 0.2) is 0 Å². The van der Waals surface area contributed by atoms with Gasteiger partial charge in [0, 0.05) is 30.6 Å². The largest absolute Gasteiger partial charge is 0.466 e. The van der Waals surface area contributed by atoms with Crippen molar-refractivity contribution in [3.63, 3.8) is 0 Å². The Bertz CT molecular complexity index is 539. The molecule has 5 heteroatoms. The lowest BCUT2D eigenvalue weighted by Gasteiger charge is -2.22. The van der Waals surface area contributed by atoms with E-state index in [0.29, 0.717) is 31.0 Å². The van der Waals surface area contributed by atoms with E-state index in [0.717, 1.165) is 51.4 Å². The Morgan fingerprint density at radius 3 is 1.75 bits per heavy atom. The van der Waals surface area contributed by atoms with Crippen LogP contribution in [0.1, 0.15) is 91.9 Å². The second kappa shape index (κ2) is 12.8. The topological polar surface area (TPSA) is 77.5 Å².